The summed E-state index contributed by atoms with van der Waals surface area (Å²) in [6.45, 7) is 0.505. The van der Waals surface area contributed by atoms with Crippen molar-refractivity contribution in [1.82, 2.24) is 5.32 Å². The molecule has 0 aliphatic carbocycles. The van der Waals surface area contributed by atoms with Crippen molar-refractivity contribution in [3.63, 3.8) is 0 Å². The number of benzene rings is 1. The van der Waals surface area contributed by atoms with Gasteiger partial charge in [-0.1, -0.05) is 30.3 Å². The van der Waals surface area contributed by atoms with E-state index in [-0.39, 0.29) is 12.1 Å². The maximum atomic E-state index is 10.9. The van der Waals surface area contributed by atoms with Crippen molar-refractivity contribution >= 4 is 6.09 Å². The number of hydrogen-bond acceptors (Lipinski definition) is 2. The molecule has 0 saturated carbocycles. The molecule has 1 heterocycles. The number of ether oxygens (including phenoxy) is 1. The van der Waals surface area contributed by atoms with Crippen molar-refractivity contribution in [2.75, 3.05) is 6.61 Å². The largest absolute Gasteiger partial charge is 0.449 e. The van der Waals surface area contributed by atoms with E-state index in [1.54, 1.807) is 0 Å². The second kappa shape index (κ2) is 3.47. The molecule has 13 heavy (non-hydrogen) atoms. The normalized spacial score (nSPS) is 21.8. The first-order chi connectivity index (χ1) is 6.36. The summed E-state index contributed by atoms with van der Waals surface area (Å²) >= 11 is 0. The molecule has 1 aromatic rings. The first kappa shape index (κ1) is 8.10. The summed E-state index contributed by atoms with van der Waals surface area (Å²) in [6.07, 6.45) is 0.524. The Kier molecular flexibility index (Phi) is 2.17. The number of alkyl carbamates (subject to hydrolysis) is 1. The standard InChI is InChI=1S/C10H11NO2/c12-10-11-9(6-7-13-10)8-4-2-1-3-5-8/h1-5,9H,6-7H2,(H,11,12)/t9-/m0/s1. The molecule has 0 aromatic heterocycles. The van der Waals surface area contributed by atoms with Crippen molar-refractivity contribution in [1.29, 1.82) is 0 Å². The van der Waals surface area contributed by atoms with Gasteiger partial charge in [-0.25, -0.2) is 4.79 Å². The van der Waals surface area contributed by atoms with Crippen LogP contribution in [0.5, 0.6) is 0 Å². The van der Waals surface area contributed by atoms with Gasteiger partial charge in [-0.05, 0) is 5.56 Å². The molecule has 0 radical (unpaired) electrons. The van der Waals surface area contributed by atoms with Crippen LogP contribution in [0.25, 0.3) is 0 Å². The number of carbonyl (C=O) groups is 1. The van der Waals surface area contributed by atoms with E-state index in [1.807, 2.05) is 30.3 Å². The van der Waals surface area contributed by atoms with Gasteiger partial charge in [0.05, 0.1) is 12.6 Å². The fraction of sp³-hybridized carbons (Fsp3) is 0.300. The van der Waals surface area contributed by atoms with Gasteiger partial charge in [0.1, 0.15) is 0 Å². The Balaban J connectivity index is 2.13. The molecule has 1 saturated heterocycles. The maximum absolute atomic E-state index is 10.9. The van der Waals surface area contributed by atoms with Crippen molar-refractivity contribution in [2.45, 2.75) is 12.5 Å². The van der Waals surface area contributed by atoms with Crippen molar-refractivity contribution in [3.8, 4) is 0 Å². The lowest BCUT2D eigenvalue weighted by molar-refractivity contribution is 0.115. The number of rotatable bonds is 1. The molecular weight excluding hydrogens is 166 g/mol. The quantitative estimate of drug-likeness (QED) is 0.711. The number of nitrogens with one attached hydrogen (secondary N) is 1. The third-order valence-corrected chi connectivity index (χ3v) is 2.13. The van der Waals surface area contributed by atoms with E-state index < -0.39 is 0 Å². The van der Waals surface area contributed by atoms with Crippen LogP contribution in [0.3, 0.4) is 0 Å². The smallest absolute Gasteiger partial charge is 0.407 e. The minimum absolute atomic E-state index is 0.113. The van der Waals surface area contributed by atoms with Gasteiger partial charge < -0.3 is 10.1 Å². The lowest BCUT2D eigenvalue weighted by atomic mass is 10.0. The molecule has 3 nitrogen and oxygen atoms in total. The van der Waals surface area contributed by atoms with Crippen LogP contribution in [0.2, 0.25) is 0 Å². The van der Waals surface area contributed by atoms with Gasteiger partial charge in [-0.15, -0.1) is 0 Å². The number of carbonyl (C=O) groups excluding carboxylic acids is 1. The Morgan fingerprint density at radius 3 is 2.77 bits per heavy atom. The number of hydrogen-bond donors (Lipinski definition) is 1. The van der Waals surface area contributed by atoms with Crippen LogP contribution < -0.4 is 5.32 Å². The van der Waals surface area contributed by atoms with E-state index in [9.17, 15) is 4.79 Å². The highest BCUT2D eigenvalue weighted by Crippen LogP contribution is 2.19. The van der Waals surface area contributed by atoms with Crippen LogP contribution in [-0.2, 0) is 4.74 Å². The van der Waals surface area contributed by atoms with Gasteiger partial charge in [0.2, 0.25) is 0 Å². The Morgan fingerprint density at radius 2 is 2.08 bits per heavy atom. The van der Waals surface area contributed by atoms with Crippen LogP contribution >= 0.6 is 0 Å². The van der Waals surface area contributed by atoms with Crippen LogP contribution in [0.15, 0.2) is 30.3 Å². The fourth-order valence-electron chi connectivity index (χ4n) is 1.46. The minimum atomic E-state index is -0.319. The molecule has 1 aromatic carbocycles. The summed E-state index contributed by atoms with van der Waals surface area (Å²) in [4.78, 5) is 10.9. The van der Waals surface area contributed by atoms with Crippen molar-refractivity contribution in [2.24, 2.45) is 0 Å². The summed E-state index contributed by atoms with van der Waals surface area (Å²) in [5.74, 6) is 0. The molecule has 1 fully saturated rings. The van der Waals surface area contributed by atoms with Crippen LogP contribution in [0.1, 0.15) is 18.0 Å². The van der Waals surface area contributed by atoms with Gasteiger partial charge >= 0.3 is 6.09 Å². The molecule has 0 spiro atoms. The SMILES string of the molecule is O=C1N[C@H](c2ccccc2)CCO1. The summed E-state index contributed by atoms with van der Waals surface area (Å²) < 4.78 is 4.78. The molecule has 3 heteroatoms. The Labute approximate surface area is 76.7 Å². The molecule has 2 rings (SSSR count). The Morgan fingerprint density at radius 1 is 1.31 bits per heavy atom. The molecule has 0 bridgehead atoms. The zero-order valence-corrected chi connectivity index (χ0v) is 7.19. The van der Waals surface area contributed by atoms with Crippen LogP contribution in [0.4, 0.5) is 4.79 Å². The molecule has 1 aliphatic heterocycles. The minimum Gasteiger partial charge on any atom is -0.449 e. The lowest BCUT2D eigenvalue weighted by Gasteiger charge is -2.23. The molecule has 1 N–H and O–H groups in total. The van der Waals surface area contributed by atoms with E-state index in [0.29, 0.717) is 6.61 Å². The zero-order valence-electron chi connectivity index (χ0n) is 7.19. The summed E-state index contributed by atoms with van der Waals surface area (Å²) in [6, 6.07) is 10.0. The zero-order chi connectivity index (χ0) is 9.10. The highest BCUT2D eigenvalue weighted by atomic mass is 16.5. The summed E-state index contributed by atoms with van der Waals surface area (Å²) in [5.41, 5.74) is 1.14. The molecule has 0 unspecified atom stereocenters. The van der Waals surface area contributed by atoms with Gasteiger partial charge in [0.15, 0.2) is 0 Å². The van der Waals surface area contributed by atoms with E-state index >= 15 is 0 Å². The predicted octanol–water partition coefficient (Wildman–Crippen LogP) is 1.86. The number of cyclic esters (lactones) is 1. The average molecular weight is 177 g/mol. The van der Waals surface area contributed by atoms with Gasteiger partial charge in [0, 0.05) is 6.42 Å². The molecule has 1 aliphatic rings. The highest BCUT2D eigenvalue weighted by Gasteiger charge is 2.19. The third kappa shape index (κ3) is 1.80. The average Bonchev–Trinajstić information content (AvgIpc) is 2.19. The molecular formula is C10H11NO2. The second-order valence-electron chi connectivity index (χ2n) is 3.03. The first-order valence-electron chi connectivity index (χ1n) is 4.34. The summed E-state index contributed by atoms with van der Waals surface area (Å²) in [7, 11) is 0. The monoisotopic (exact) mass is 177 g/mol. The molecule has 1 amide bonds. The molecule has 68 valence electrons. The van der Waals surface area contributed by atoms with Gasteiger partial charge in [-0.3, -0.25) is 0 Å². The van der Waals surface area contributed by atoms with Crippen LogP contribution in [-0.4, -0.2) is 12.7 Å². The van der Waals surface area contributed by atoms with Gasteiger partial charge in [0.25, 0.3) is 0 Å². The summed E-state index contributed by atoms with van der Waals surface area (Å²) in [5, 5.41) is 2.77. The number of amides is 1. The third-order valence-electron chi connectivity index (χ3n) is 2.13. The van der Waals surface area contributed by atoms with Crippen molar-refractivity contribution < 1.29 is 9.53 Å². The second-order valence-corrected chi connectivity index (χ2v) is 3.03. The predicted molar refractivity (Wildman–Crippen MR) is 48.3 cm³/mol. The topological polar surface area (TPSA) is 38.3 Å². The van der Waals surface area contributed by atoms with E-state index in [4.69, 9.17) is 4.74 Å². The highest BCUT2D eigenvalue weighted by molar-refractivity contribution is 5.68. The van der Waals surface area contributed by atoms with Gasteiger partial charge in [-0.2, -0.15) is 0 Å². The first-order valence-corrected chi connectivity index (χ1v) is 4.34. The maximum Gasteiger partial charge on any atom is 0.407 e. The van der Waals surface area contributed by atoms with Crippen molar-refractivity contribution in [3.05, 3.63) is 35.9 Å². The fourth-order valence-corrected chi connectivity index (χ4v) is 1.46. The van der Waals surface area contributed by atoms with E-state index in [2.05, 4.69) is 5.32 Å². The van der Waals surface area contributed by atoms with E-state index in [1.165, 1.54) is 0 Å². The molecule has 1 atom stereocenters. The Hall–Kier alpha value is -1.51. The van der Waals surface area contributed by atoms with Crippen LogP contribution in [0, 0.1) is 0 Å². The lowest BCUT2D eigenvalue weighted by Crippen LogP contribution is -2.35. The Bertz CT molecular complexity index is 297. The van der Waals surface area contributed by atoms with E-state index in [0.717, 1.165) is 12.0 Å².